The third-order valence-corrected chi connectivity index (χ3v) is 3.67. The molecule has 1 aliphatic carbocycles. The minimum atomic E-state index is -0.621. The number of carbonyl (C=O) groups excluding carboxylic acids is 1. The van der Waals surface area contributed by atoms with Crippen molar-refractivity contribution < 1.29 is 13.6 Å². The van der Waals surface area contributed by atoms with Gasteiger partial charge in [0, 0.05) is 17.9 Å². The Hall–Kier alpha value is -1.25. The van der Waals surface area contributed by atoms with Crippen molar-refractivity contribution in [2.45, 2.75) is 39.0 Å². The Balaban J connectivity index is 2.12. The minimum Gasteiger partial charge on any atom is -0.299 e. The summed E-state index contributed by atoms with van der Waals surface area (Å²) in [5.41, 5.74) is 0.142. The van der Waals surface area contributed by atoms with Crippen LogP contribution in [0.2, 0.25) is 0 Å². The molecule has 0 N–H and O–H groups in total. The van der Waals surface area contributed by atoms with Crippen LogP contribution in [0, 0.1) is 17.0 Å². The van der Waals surface area contributed by atoms with Crippen LogP contribution in [0.5, 0.6) is 0 Å². The van der Waals surface area contributed by atoms with Crippen LogP contribution in [0.3, 0.4) is 0 Å². The van der Waals surface area contributed by atoms with Gasteiger partial charge in [-0.1, -0.05) is 19.8 Å². The molecule has 0 aromatic heterocycles. The van der Waals surface area contributed by atoms with Gasteiger partial charge in [-0.3, -0.25) is 4.79 Å². The van der Waals surface area contributed by atoms with E-state index in [4.69, 9.17) is 0 Å². The van der Waals surface area contributed by atoms with E-state index in [9.17, 15) is 13.6 Å². The second-order valence-corrected chi connectivity index (χ2v) is 5.15. The van der Waals surface area contributed by atoms with Crippen molar-refractivity contribution in [3.8, 4) is 0 Å². The van der Waals surface area contributed by atoms with Gasteiger partial charge in [0.05, 0.1) is 0 Å². The van der Waals surface area contributed by atoms with E-state index in [-0.39, 0.29) is 17.6 Å². The van der Waals surface area contributed by atoms with Gasteiger partial charge in [-0.15, -0.1) is 0 Å². The second-order valence-electron chi connectivity index (χ2n) is 5.15. The first kappa shape index (κ1) is 12.2. The topological polar surface area (TPSA) is 17.1 Å². The van der Waals surface area contributed by atoms with Crippen molar-refractivity contribution in [3.63, 3.8) is 0 Å². The van der Waals surface area contributed by atoms with Crippen LogP contribution < -0.4 is 0 Å². The zero-order chi connectivity index (χ0) is 12.5. The van der Waals surface area contributed by atoms with E-state index < -0.39 is 11.6 Å². The highest BCUT2D eigenvalue weighted by molar-refractivity contribution is 5.86. The maximum atomic E-state index is 13.0. The van der Waals surface area contributed by atoms with Crippen molar-refractivity contribution in [2.75, 3.05) is 0 Å². The van der Waals surface area contributed by atoms with Gasteiger partial charge < -0.3 is 0 Å². The zero-order valence-electron chi connectivity index (χ0n) is 9.93. The average molecular weight is 238 g/mol. The summed E-state index contributed by atoms with van der Waals surface area (Å²) in [6, 6.07) is 3.30. The molecule has 92 valence electrons. The maximum Gasteiger partial charge on any atom is 0.143 e. The van der Waals surface area contributed by atoms with Crippen LogP contribution in [-0.4, -0.2) is 5.78 Å². The molecule has 1 fully saturated rings. The highest BCUT2D eigenvalue weighted by atomic mass is 19.1. The lowest BCUT2D eigenvalue weighted by Crippen LogP contribution is -2.26. The highest BCUT2D eigenvalue weighted by Gasteiger charge is 2.35. The van der Waals surface area contributed by atoms with Gasteiger partial charge in [0.1, 0.15) is 17.4 Å². The molecule has 17 heavy (non-hydrogen) atoms. The monoisotopic (exact) mass is 238 g/mol. The second kappa shape index (κ2) is 4.55. The molecule has 0 bridgehead atoms. The quantitative estimate of drug-likeness (QED) is 0.785. The molecular weight excluding hydrogens is 222 g/mol. The number of benzene rings is 1. The van der Waals surface area contributed by atoms with Crippen molar-refractivity contribution in [1.82, 2.24) is 0 Å². The zero-order valence-corrected chi connectivity index (χ0v) is 9.93. The molecule has 0 unspecified atom stereocenters. The van der Waals surface area contributed by atoms with E-state index in [0.29, 0.717) is 5.56 Å². The first-order valence-corrected chi connectivity index (χ1v) is 5.98. The first-order chi connectivity index (χ1) is 7.99. The number of carbonyl (C=O) groups is 1. The van der Waals surface area contributed by atoms with E-state index in [0.717, 1.165) is 31.7 Å². The normalized spacial score (nSPS) is 18.3. The predicted molar refractivity (Wildman–Crippen MR) is 61.6 cm³/mol. The molecule has 0 spiro atoms. The van der Waals surface area contributed by atoms with Crippen molar-refractivity contribution in [3.05, 3.63) is 35.4 Å². The maximum absolute atomic E-state index is 13.0. The Bertz CT molecular complexity index is 414. The van der Waals surface area contributed by atoms with E-state index in [1.165, 1.54) is 12.1 Å². The van der Waals surface area contributed by atoms with Gasteiger partial charge in [-0.05, 0) is 30.5 Å². The number of ketones is 1. The SMILES string of the molecule is CC1(C(=O)Cc2cc(F)cc(F)c2)CCCC1. The molecule has 0 atom stereocenters. The Morgan fingerprint density at radius 2 is 1.71 bits per heavy atom. The molecule has 1 aromatic rings. The third-order valence-electron chi connectivity index (χ3n) is 3.67. The molecular formula is C14H16F2O. The van der Waals surface area contributed by atoms with Crippen LogP contribution in [-0.2, 0) is 11.2 Å². The predicted octanol–water partition coefficient (Wildman–Crippen LogP) is 3.66. The summed E-state index contributed by atoms with van der Waals surface area (Å²) in [6.45, 7) is 1.96. The van der Waals surface area contributed by atoms with Gasteiger partial charge in [-0.2, -0.15) is 0 Å². The molecule has 1 aliphatic rings. The fraction of sp³-hybridized carbons (Fsp3) is 0.500. The molecule has 0 radical (unpaired) electrons. The van der Waals surface area contributed by atoms with Gasteiger partial charge >= 0.3 is 0 Å². The molecule has 0 aliphatic heterocycles. The molecule has 0 heterocycles. The summed E-state index contributed by atoms with van der Waals surface area (Å²) in [6.07, 6.45) is 4.05. The molecule has 1 aromatic carbocycles. The lowest BCUT2D eigenvalue weighted by molar-refractivity contribution is -0.126. The third kappa shape index (κ3) is 2.71. The minimum absolute atomic E-state index is 0.0972. The van der Waals surface area contributed by atoms with Crippen LogP contribution in [0.25, 0.3) is 0 Å². The largest absolute Gasteiger partial charge is 0.299 e. The van der Waals surface area contributed by atoms with Crippen LogP contribution >= 0.6 is 0 Å². The van der Waals surface area contributed by atoms with Gasteiger partial charge in [0.25, 0.3) is 0 Å². The molecule has 3 heteroatoms. The lowest BCUT2D eigenvalue weighted by atomic mass is 9.81. The summed E-state index contributed by atoms with van der Waals surface area (Å²) in [7, 11) is 0. The van der Waals surface area contributed by atoms with Crippen LogP contribution in [0.4, 0.5) is 8.78 Å². The first-order valence-electron chi connectivity index (χ1n) is 5.98. The summed E-state index contributed by atoms with van der Waals surface area (Å²) >= 11 is 0. The fourth-order valence-corrected chi connectivity index (χ4v) is 2.55. The fourth-order valence-electron chi connectivity index (χ4n) is 2.55. The Labute approximate surface area is 99.8 Å². The number of halogens is 2. The van der Waals surface area contributed by atoms with Crippen molar-refractivity contribution >= 4 is 5.78 Å². The smallest absolute Gasteiger partial charge is 0.143 e. The Morgan fingerprint density at radius 3 is 2.24 bits per heavy atom. The molecule has 0 saturated heterocycles. The molecule has 2 rings (SSSR count). The van der Waals surface area contributed by atoms with Crippen molar-refractivity contribution in [2.24, 2.45) is 5.41 Å². The van der Waals surface area contributed by atoms with E-state index in [1.54, 1.807) is 0 Å². The molecule has 1 saturated carbocycles. The van der Waals surface area contributed by atoms with E-state index in [1.807, 2.05) is 6.92 Å². The van der Waals surface area contributed by atoms with Gasteiger partial charge in [0.15, 0.2) is 0 Å². The standard InChI is InChI=1S/C14H16F2O/c1-14(4-2-3-5-14)13(17)8-10-6-11(15)9-12(16)7-10/h6-7,9H,2-5,8H2,1H3. The van der Waals surface area contributed by atoms with Gasteiger partial charge in [-0.25, -0.2) is 8.78 Å². The number of hydrogen-bond donors (Lipinski definition) is 0. The van der Waals surface area contributed by atoms with Crippen LogP contribution in [0.15, 0.2) is 18.2 Å². The number of rotatable bonds is 3. The summed E-state index contributed by atoms with van der Waals surface area (Å²) < 4.78 is 26.0. The molecule has 0 amide bonds. The average Bonchev–Trinajstić information content (AvgIpc) is 2.64. The Kier molecular flexibility index (Phi) is 3.27. The van der Waals surface area contributed by atoms with E-state index in [2.05, 4.69) is 0 Å². The molecule has 1 nitrogen and oxygen atoms in total. The Morgan fingerprint density at radius 1 is 1.18 bits per heavy atom. The number of hydrogen-bond acceptors (Lipinski definition) is 1. The van der Waals surface area contributed by atoms with E-state index >= 15 is 0 Å². The summed E-state index contributed by atoms with van der Waals surface area (Å²) in [5, 5.41) is 0. The van der Waals surface area contributed by atoms with Crippen LogP contribution in [0.1, 0.15) is 38.2 Å². The van der Waals surface area contributed by atoms with Gasteiger partial charge in [0.2, 0.25) is 0 Å². The summed E-state index contributed by atoms with van der Waals surface area (Å²) in [4.78, 5) is 12.1. The highest BCUT2D eigenvalue weighted by Crippen LogP contribution is 2.39. The number of Topliss-reactive ketones (excluding diaryl/α,β-unsaturated/α-hetero) is 1. The lowest BCUT2D eigenvalue weighted by Gasteiger charge is -2.21. The van der Waals surface area contributed by atoms with Crippen molar-refractivity contribution in [1.29, 1.82) is 0 Å². The summed E-state index contributed by atoms with van der Waals surface area (Å²) in [5.74, 6) is -1.14.